The van der Waals surface area contributed by atoms with E-state index >= 15 is 0 Å². The van der Waals surface area contributed by atoms with Gasteiger partial charge in [0.15, 0.2) is 0 Å². The molecule has 0 N–H and O–H groups in total. The maximum atomic E-state index is 12.3. The molecule has 4 nitrogen and oxygen atoms in total. The van der Waals surface area contributed by atoms with Crippen molar-refractivity contribution in [3.8, 4) is 0 Å². The highest BCUT2D eigenvalue weighted by molar-refractivity contribution is 6.30. The lowest BCUT2D eigenvalue weighted by Gasteiger charge is -2.16. The van der Waals surface area contributed by atoms with Gasteiger partial charge in [-0.2, -0.15) is 0 Å². The van der Waals surface area contributed by atoms with E-state index in [1.165, 1.54) is 0 Å². The lowest BCUT2D eigenvalue weighted by atomic mass is 10.2. The molecule has 0 saturated heterocycles. The molecule has 0 unspecified atom stereocenters. The quantitative estimate of drug-likeness (QED) is 0.745. The fraction of sp³-hybridized carbons (Fsp3) is 0.125. The standard InChI is InChI=1S/C16H14ClN3O/c1-19(14-5-3-2-4-6-14)16(21)9-13-11-20-10-12(17)7-8-15(20)18-13/h2-8,10-11H,9H2,1H3. The van der Waals surface area contributed by atoms with Gasteiger partial charge in [0.2, 0.25) is 5.91 Å². The van der Waals surface area contributed by atoms with E-state index in [1.54, 1.807) is 24.2 Å². The van der Waals surface area contributed by atoms with Crippen molar-refractivity contribution < 1.29 is 4.79 Å². The summed E-state index contributed by atoms with van der Waals surface area (Å²) in [5.74, 6) is -0.00398. The summed E-state index contributed by atoms with van der Waals surface area (Å²) in [6.45, 7) is 0. The molecule has 0 aliphatic heterocycles. The number of likely N-dealkylation sites (N-methyl/N-ethyl adjacent to an activating group) is 1. The van der Waals surface area contributed by atoms with Gasteiger partial charge >= 0.3 is 0 Å². The van der Waals surface area contributed by atoms with E-state index in [-0.39, 0.29) is 12.3 Å². The number of nitrogens with zero attached hydrogens (tertiary/aromatic N) is 3. The predicted molar refractivity (Wildman–Crippen MR) is 83.8 cm³/mol. The molecular weight excluding hydrogens is 286 g/mol. The predicted octanol–water partition coefficient (Wildman–Crippen LogP) is 3.19. The molecule has 21 heavy (non-hydrogen) atoms. The topological polar surface area (TPSA) is 37.6 Å². The Balaban J connectivity index is 1.80. The average molecular weight is 300 g/mol. The first-order valence-corrected chi connectivity index (χ1v) is 6.96. The van der Waals surface area contributed by atoms with E-state index in [4.69, 9.17) is 11.6 Å². The van der Waals surface area contributed by atoms with Gasteiger partial charge in [0.25, 0.3) is 0 Å². The lowest BCUT2D eigenvalue weighted by molar-refractivity contribution is -0.117. The molecular formula is C16H14ClN3O. The summed E-state index contributed by atoms with van der Waals surface area (Å²) in [5.41, 5.74) is 2.38. The highest BCUT2D eigenvalue weighted by Gasteiger charge is 2.13. The molecule has 0 fully saturated rings. The van der Waals surface area contributed by atoms with Gasteiger partial charge in [-0.1, -0.05) is 29.8 Å². The van der Waals surface area contributed by atoms with Crippen LogP contribution in [0.2, 0.25) is 5.02 Å². The zero-order valence-corrected chi connectivity index (χ0v) is 12.3. The number of carbonyl (C=O) groups excluding carboxylic acids is 1. The number of halogens is 1. The zero-order chi connectivity index (χ0) is 14.8. The third-order valence-electron chi connectivity index (χ3n) is 3.31. The van der Waals surface area contributed by atoms with Crippen molar-refractivity contribution in [2.24, 2.45) is 0 Å². The Morgan fingerprint density at radius 1 is 1.19 bits per heavy atom. The number of benzene rings is 1. The Morgan fingerprint density at radius 2 is 1.95 bits per heavy atom. The largest absolute Gasteiger partial charge is 0.315 e. The van der Waals surface area contributed by atoms with E-state index in [9.17, 15) is 4.79 Å². The van der Waals surface area contributed by atoms with Gasteiger partial charge < -0.3 is 9.30 Å². The van der Waals surface area contributed by atoms with Gasteiger partial charge in [0, 0.05) is 25.1 Å². The Labute approximate surface area is 127 Å². The summed E-state index contributed by atoms with van der Waals surface area (Å²) in [5, 5.41) is 0.638. The average Bonchev–Trinajstić information content (AvgIpc) is 2.88. The van der Waals surface area contributed by atoms with Gasteiger partial charge in [-0.3, -0.25) is 4.79 Å². The maximum Gasteiger partial charge on any atom is 0.232 e. The second kappa shape index (κ2) is 5.58. The van der Waals surface area contributed by atoms with Crippen LogP contribution in [0.15, 0.2) is 54.9 Å². The number of carbonyl (C=O) groups is 1. The van der Waals surface area contributed by atoms with Crippen LogP contribution in [0.25, 0.3) is 5.65 Å². The van der Waals surface area contributed by atoms with Crippen LogP contribution < -0.4 is 4.90 Å². The van der Waals surface area contributed by atoms with E-state index in [2.05, 4.69) is 4.98 Å². The number of hydrogen-bond donors (Lipinski definition) is 0. The van der Waals surface area contributed by atoms with Gasteiger partial charge in [-0.15, -0.1) is 0 Å². The van der Waals surface area contributed by atoms with Gasteiger partial charge in [-0.25, -0.2) is 4.98 Å². The van der Waals surface area contributed by atoms with Crippen molar-refractivity contribution in [2.45, 2.75) is 6.42 Å². The van der Waals surface area contributed by atoms with Gasteiger partial charge in [0.1, 0.15) is 5.65 Å². The Kier molecular flexibility index (Phi) is 3.62. The van der Waals surface area contributed by atoms with E-state index in [1.807, 2.05) is 47.0 Å². The van der Waals surface area contributed by atoms with Crippen LogP contribution in [0.3, 0.4) is 0 Å². The first-order chi connectivity index (χ1) is 10.1. The molecule has 0 aliphatic rings. The maximum absolute atomic E-state index is 12.3. The van der Waals surface area contributed by atoms with Crippen LogP contribution in [0.4, 0.5) is 5.69 Å². The molecule has 0 spiro atoms. The third-order valence-corrected chi connectivity index (χ3v) is 3.54. The van der Waals surface area contributed by atoms with Crippen LogP contribution >= 0.6 is 11.6 Å². The number of aromatic nitrogens is 2. The molecule has 0 aliphatic carbocycles. The molecule has 0 radical (unpaired) electrons. The summed E-state index contributed by atoms with van der Waals surface area (Å²) >= 11 is 5.94. The molecule has 0 saturated carbocycles. The summed E-state index contributed by atoms with van der Waals surface area (Å²) in [6, 6.07) is 13.2. The second-order valence-corrected chi connectivity index (χ2v) is 5.25. The Hall–Kier alpha value is -2.33. The number of rotatable bonds is 3. The summed E-state index contributed by atoms with van der Waals surface area (Å²) in [7, 11) is 1.77. The van der Waals surface area contributed by atoms with Crippen LogP contribution in [0.1, 0.15) is 5.69 Å². The van der Waals surface area contributed by atoms with Crippen molar-refractivity contribution in [3.63, 3.8) is 0 Å². The molecule has 106 valence electrons. The normalized spacial score (nSPS) is 10.8. The smallest absolute Gasteiger partial charge is 0.232 e. The van der Waals surface area contributed by atoms with Crippen molar-refractivity contribution in [1.29, 1.82) is 0 Å². The minimum Gasteiger partial charge on any atom is -0.315 e. The molecule has 0 atom stereocenters. The highest BCUT2D eigenvalue weighted by atomic mass is 35.5. The summed E-state index contributed by atoms with van der Waals surface area (Å²) < 4.78 is 1.83. The second-order valence-electron chi connectivity index (χ2n) is 4.81. The Bertz CT molecular complexity index is 783. The van der Waals surface area contributed by atoms with Crippen molar-refractivity contribution in [1.82, 2.24) is 9.38 Å². The fourth-order valence-corrected chi connectivity index (χ4v) is 2.34. The van der Waals surface area contributed by atoms with Crippen LogP contribution in [-0.4, -0.2) is 22.3 Å². The van der Waals surface area contributed by atoms with Crippen molar-refractivity contribution >= 4 is 28.8 Å². The van der Waals surface area contributed by atoms with E-state index < -0.39 is 0 Å². The van der Waals surface area contributed by atoms with Gasteiger partial charge in [-0.05, 0) is 24.3 Å². The summed E-state index contributed by atoms with van der Waals surface area (Å²) in [4.78, 5) is 18.4. The number of hydrogen-bond acceptors (Lipinski definition) is 2. The number of amides is 1. The van der Waals surface area contributed by atoms with E-state index in [0.29, 0.717) is 5.02 Å². The molecule has 3 rings (SSSR count). The van der Waals surface area contributed by atoms with Crippen LogP contribution in [0.5, 0.6) is 0 Å². The molecule has 1 amide bonds. The third kappa shape index (κ3) is 2.90. The fourth-order valence-electron chi connectivity index (χ4n) is 2.17. The first kappa shape index (κ1) is 13.6. The molecule has 0 bridgehead atoms. The molecule has 3 aromatic rings. The Morgan fingerprint density at radius 3 is 2.71 bits per heavy atom. The number of pyridine rings is 1. The lowest BCUT2D eigenvalue weighted by Crippen LogP contribution is -2.27. The van der Waals surface area contributed by atoms with Crippen molar-refractivity contribution in [2.75, 3.05) is 11.9 Å². The number of para-hydroxylation sites is 1. The molecule has 1 aromatic carbocycles. The van der Waals surface area contributed by atoms with Crippen LogP contribution in [-0.2, 0) is 11.2 Å². The summed E-state index contributed by atoms with van der Waals surface area (Å²) in [6.07, 6.45) is 3.86. The van der Waals surface area contributed by atoms with Gasteiger partial charge in [0.05, 0.1) is 17.1 Å². The SMILES string of the molecule is CN(C(=O)Cc1cn2cc(Cl)ccc2n1)c1ccccc1. The van der Waals surface area contributed by atoms with Crippen LogP contribution in [0, 0.1) is 0 Å². The monoisotopic (exact) mass is 299 g/mol. The van der Waals surface area contributed by atoms with Crippen molar-refractivity contribution in [3.05, 3.63) is 65.6 Å². The number of anilines is 1. The minimum absolute atomic E-state index is 0.00398. The highest BCUT2D eigenvalue weighted by Crippen LogP contribution is 2.15. The molecule has 5 heteroatoms. The number of imidazole rings is 1. The molecule has 2 heterocycles. The number of fused-ring (bicyclic) bond motifs is 1. The molecule has 2 aromatic heterocycles. The minimum atomic E-state index is -0.00398. The first-order valence-electron chi connectivity index (χ1n) is 6.58. The zero-order valence-electron chi connectivity index (χ0n) is 11.5. The van der Waals surface area contributed by atoms with E-state index in [0.717, 1.165) is 17.0 Å².